The highest BCUT2D eigenvalue weighted by Crippen LogP contribution is 2.40. The zero-order valence-corrected chi connectivity index (χ0v) is 13.0. The molecule has 2 aromatic heterocycles. The highest BCUT2D eigenvalue weighted by atomic mass is 79.9. The van der Waals surface area contributed by atoms with E-state index in [-0.39, 0.29) is 0 Å². The monoisotopic (exact) mass is 342 g/mol. The summed E-state index contributed by atoms with van der Waals surface area (Å²) in [5.74, 6) is 0.652. The number of benzene rings is 1. The van der Waals surface area contributed by atoms with Crippen LogP contribution in [-0.4, -0.2) is 20.4 Å². The molecule has 3 aromatic rings. The van der Waals surface area contributed by atoms with Crippen molar-refractivity contribution in [3.8, 4) is 0 Å². The Morgan fingerprint density at radius 3 is 2.90 bits per heavy atom. The van der Waals surface area contributed by atoms with Gasteiger partial charge < -0.3 is 5.32 Å². The molecule has 1 aliphatic carbocycles. The van der Waals surface area contributed by atoms with Crippen molar-refractivity contribution in [1.29, 1.82) is 0 Å². The van der Waals surface area contributed by atoms with Crippen molar-refractivity contribution >= 4 is 21.6 Å². The van der Waals surface area contributed by atoms with E-state index in [1.165, 1.54) is 12.0 Å². The van der Waals surface area contributed by atoms with Crippen molar-refractivity contribution in [2.75, 3.05) is 0 Å². The van der Waals surface area contributed by atoms with Crippen LogP contribution in [0.1, 0.15) is 23.6 Å². The standard InChI is InChI=1S/C16H15BrN4/c17-15-10-21-12(8-20-16(21)9-19-15)7-18-14-6-13(14)11-4-2-1-3-5-11/h1-5,8-10,13-14,18H,6-7H2. The highest BCUT2D eigenvalue weighted by molar-refractivity contribution is 9.10. The molecule has 21 heavy (non-hydrogen) atoms. The maximum atomic E-state index is 4.37. The summed E-state index contributed by atoms with van der Waals surface area (Å²) in [4.78, 5) is 8.57. The van der Waals surface area contributed by atoms with Gasteiger partial charge in [-0.15, -0.1) is 0 Å². The van der Waals surface area contributed by atoms with E-state index in [9.17, 15) is 0 Å². The topological polar surface area (TPSA) is 42.2 Å². The van der Waals surface area contributed by atoms with Crippen molar-refractivity contribution in [3.63, 3.8) is 0 Å². The first-order chi connectivity index (χ1) is 10.3. The van der Waals surface area contributed by atoms with Gasteiger partial charge in [-0.25, -0.2) is 9.97 Å². The summed E-state index contributed by atoms with van der Waals surface area (Å²) in [7, 11) is 0. The Bertz CT molecular complexity index is 768. The fourth-order valence-corrected chi connectivity index (χ4v) is 3.08. The second-order valence-electron chi connectivity index (χ2n) is 5.43. The minimum absolute atomic E-state index is 0.572. The summed E-state index contributed by atoms with van der Waals surface area (Å²) in [6, 6.07) is 11.3. The molecule has 4 nitrogen and oxygen atoms in total. The van der Waals surface area contributed by atoms with Gasteiger partial charge in [0.15, 0.2) is 5.65 Å². The number of imidazole rings is 1. The van der Waals surface area contributed by atoms with Gasteiger partial charge in [0.05, 0.1) is 18.1 Å². The van der Waals surface area contributed by atoms with Crippen LogP contribution in [0.15, 0.2) is 53.5 Å². The molecule has 2 unspecified atom stereocenters. The van der Waals surface area contributed by atoms with Gasteiger partial charge in [0.2, 0.25) is 0 Å². The Labute approximate surface area is 131 Å². The molecule has 1 fully saturated rings. The molecule has 1 N–H and O–H groups in total. The average Bonchev–Trinajstić information content (AvgIpc) is 3.19. The van der Waals surface area contributed by atoms with E-state index >= 15 is 0 Å². The van der Waals surface area contributed by atoms with Gasteiger partial charge in [-0.2, -0.15) is 0 Å². The number of nitrogens with one attached hydrogen (secondary N) is 1. The smallest absolute Gasteiger partial charge is 0.155 e. The predicted octanol–water partition coefficient (Wildman–Crippen LogP) is 3.14. The number of aromatic nitrogens is 3. The van der Waals surface area contributed by atoms with Crippen molar-refractivity contribution in [2.45, 2.75) is 24.9 Å². The van der Waals surface area contributed by atoms with Crippen LogP contribution in [0.4, 0.5) is 0 Å². The SMILES string of the molecule is Brc1cn2c(CNC3CC3c3ccccc3)cnc2cn1. The molecule has 0 bridgehead atoms. The molecule has 106 valence electrons. The van der Waals surface area contributed by atoms with E-state index in [1.807, 2.05) is 12.4 Å². The van der Waals surface area contributed by atoms with Gasteiger partial charge in [0, 0.05) is 24.7 Å². The Morgan fingerprint density at radius 1 is 1.19 bits per heavy atom. The zero-order chi connectivity index (χ0) is 14.2. The second-order valence-corrected chi connectivity index (χ2v) is 6.24. The summed E-state index contributed by atoms with van der Waals surface area (Å²) in [6.45, 7) is 0.825. The lowest BCUT2D eigenvalue weighted by molar-refractivity contribution is 0.656. The third-order valence-corrected chi connectivity index (χ3v) is 4.41. The molecule has 1 saturated carbocycles. The normalized spacial score (nSPS) is 20.8. The molecule has 4 rings (SSSR count). The molecule has 0 amide bonds. The minimum Gasteiger partial charge on any atom is -0.308 e. The van der Waals surface area contributed by atoms with Gasteiger partial charge in [0.1, 0.15) is 4.60 Å². The summed E-state index contributed by atoms with van der Waals surface area (Å²) in [5.41, 5.74) is 3.47. The van der Waals surface area contributed by atoms with Crippen LogP contribution in [0, 0.1) is 0 Å². The van der Waals surface area contributed by atoms with Gasteiger partial charge in [0.25, 0.3) is 0 Å². The zero-order valence-electron chi connectivity index (χ0n) is 11.4. The first kappa shape index (κ1) is 13.0. The lowest BCUT2D eigenvalue weighted by Crippen LogP contribution is -2.18. The third kappa shape index (κ3) is 2.59. The van der Waals surface area contributed by atoms with E-state index < -0.39 is 0 Å². The Hall–Kier alpha value is -1.72. The molecule has 1 aromatic carbocycles. The molecular weight excluding hydrogens is 328 g/mol. The van der Waals surface area contributed by atoms with E-state index in [4.69, 9.17) is 0 Å². The van der Waals surface area contributed by atoms with Crippen LogP contribution in [0.25, 0.3) is 5.65 Å². The lowest BCUT2D eigenvalue weighted by atomic mass is 10.1. The van der Waals surface area contributed by atoms with E-state index in [2.05, 4.69) is 65.9 Å². The summed E-state index contributed by atoms with van der Waals surface area (Å²) in [5, 5.41) is 3.62. The Morgan fingerprint density at radius 2 is 2.05 bits per heavy atom. The predicted molar refractivity (Wildman–Crippen MR) is 85.1 cm³/mol. The third-order valence-electron chi connectivity index (χ3n) is 4.00. The van der Waals surface area contributed by atoms with E-state index in [0.29, 0.717) is 12.0 Å². The van der Waals surface area contributed by atoms with Gasteiger partial charge in [-0.05, 0) is 27.9 Å². The van der Waals surface area contributed by atoms with Crippen molar-refractivity contribution in [3.05, 3.63) is 64.8 Å². The summed E-state index contributed by atoms with van der Waals surface area (Å²) in [6.07, 6.45) is 6.86. The maximum absolute atomic E-state index is 4.37. The second kappa shape index (κ2) is 5.24. The van der Waals surface area contributed by atoms with Crippen molar-refractivity contribution in [2.24, 2.45) is 0 Å². The molecule has 0 spiro atoms. The molecular formula is C16H15BrN4. The molecule has 0 saturated heterocycles. The summed E-state index contributed by atoms with van der Waals surface area (Å²) >= 11 is 3.40. The van der Waals surface area contributed by atoms with Crippen LogP contribution in [0.2, 0.25) is 0 Å². The van der Waals surface area contributed by atoms with Crippen molar-refractivity contribution < 1.29 is 0 Å². The molecule has 2 atom stereocenters. The number of rotatable bonds is 4. The van der Waals surface area contributed by atoms with Crippen LogP contribution in [0.3, 0.4) is 0 Å². The minimum atomic E-state index is 0.572. The van der Waals surface area contributed by atoms with Crippen LogP contribution < -0.4 is 5.32 Å². The lowest BCUT2D eigenvalue weighted by Gasteiger charge is -2.05. The van der Waals surface area contributed by atoms with E-state index in [0.717, 1.165) is 22.5 Å². The number of fused-ring (bicyclic) bond motifs is 1. The summed E-state index contributed by atoms with van der Waals surface area (Å²) < 4.78 is 2.90. The van der Waals surface area contributed by atoms with Crippen molar-refractivity contribution in [1.82, 2.24) is 19.7 Å². The maximum Gasteiger partial charge on any atom is 0.155 e. The molecule has 0 radical (unpaired) electrons. The average molecular weight is 343 g/mol. The Kier molecular flexibility index (Phi) is 3.24. The molecule has 1 aliphatic rings. The fourth-order valence-electron chi connectivity index (χ4n) is 2.77. The van der Waals surface area contributed by atoms with Crippen LogP contribution in [-0.2, 0) is 6.54 Å². The van der Waals surface area contributed by atoms with E-state index in [1.54, 1.807) is 6.20 Å². The molecule has 2 heterocycles. The molecule has 0 aliphatic heterocycles. The first-order valence-corrected chi connectivity index (χ1v) is 7.86. The largest absolute Gasteiger partial charge is 0.308 e. The first-order valence-electron chi connectivity index (χ1n) is 7.07. The number of nitrogens with zero attached hydrogens (tertiary/aromatic N) is 3. The molecule has 5 heteroatoms. The van der Waals surface area contributed by atoms with Crippen LogP contribution in [0.5, 0.6) is 0 Å². The number of hydrogen-bond acceptors (Lipinski definition) is 3. The number of halogens is 1. The Balaban J connectivity index is 1.44. The number of hydrogen-bond donors (Lipinski definition) is 1. The highest BCUT2D eigenvalue weighted by Gasteiger charge is 2.37. The van der Waals surface area contributed by atoms with Gasteiger partial charge in [-0.3, -0.25) is 4.40 Å². The van der Waals surface area contributed by atoms with Gasteiger partial charge in [-0.1, -0.05) is 30.3 Å². The van der Waals surface area contributed by atoms with Gasteiger partial charge >= 0.3 is 0 Å². The quantitative estimate of drug-likeness (QED) is 0.791. The fraction of sp³-hybridized carbons (Fsp3) is 0.250. The van der Waals surface area contributed by atoms with Crippen LogP contribution >= 0.6 is 15.9 Å².